The molecule has 0 saturated heterocycles. The van der Waals surface area contributed by atoms with E-state index in [1.807, 2.05) is 0 Å². The number of aryl methyl sites for hydroxylation is 2. The number of carbonyl (C=O) groups is 2. The number of nitrogens with one attached hydrogen (secondary N) is 2. The first-order chi connectivity index (χ1) is 17.6. The normalized spacial score (nSPS) is 21.6. The van der Waals surface area contributed by atoms with E-state index in [1.165, 1.54) is 22.6 Å². The number of rotatable bonds is 4. The molecule has 2 N–H and O–H groups in total. The smallest absolute Gasteiger partial charge is 0.228 e. The van der Waals surface area contributed by atoms with Crippen LogP contribution >= 0.6 is 22.7 Å². The Kier molecular flexibility index (Phi) is 7.74. The van der Waals surface area contributed by atoms with Crippen LogP contribution < -0.4 is 10.6 Å². The van der Waals surface area contributed by atoms with Crippen molar-refractivity contribution >= 4 is 44.5 Å². The Morgan fingerprint density at radius 1 is 0.639 bits per heavy atom. The molecule has 2 amide bonds. The van der Waals surface area contributed by atoms with Crippen molar-refractivity contribution in [3.8, 4) is 12.1 Å². The van der Waals surface area contributed by atoms with Gasteiger partial charge in [0.05, 0.1) is 11.1 Å². The second kappa shape index (κ2) is 11.2. The molecule has 188 valence electrons. The predicted octanol–water partition coefficient (Wildman–Crippen LogP) is 6.47. The minimum Gasteiger partial charge on any atom is -0.316 e. The fourth-order valence-corrected chi connectivity index (χ4v) is 8.43. The summed E-state index contributed by atoms with van der Waals surface area (Å²) in [5.41, 5.74) is 3.58. The highest BCUT2D eigenvalue weighted by atomic mass is 32.1. The highest BCUT2D eigenvalue weighted by Crippen LogP contribution is 2.40. The molecule has 6 nitrogen and oxygen atoms in total. The van der Waals surface area contributed by atoms with Gasteiger partial charge in [0.25, 0.3) is 0 Å². The summed E-state index contributed by atoms with van der Waals surface area (Å²) >= 11 is 3.14. The Morgan fingerprint density at radius 2 is 1.03 bits per heavy atom. The lowest BCUT2D eigenvalue weighted by Crippen LogP contribution is -2.32. The first-order valence-corrected chi connectivity index (χ1v) is 14.9. The third-order valence-corrected chi connectivity index (χ3v) is 10.4. The number of fused-ring (bicyclic) bond motifs is 2. The van der Waals surface area contributed by atoms with Gasteiger partial charge in [0.1, 0.15) is 22.1 Å². The third kappa shape index (κ3) is 5.08. The average Bonchev–Trinajstić information content (AvgIpc) is 3.14. The van der Waals surface area contributed by atoms with Gasteiger partial charge in [-0.3, -0.25) is 9.59 Å². The number of thiophene rings is 2. The Morgan fingerprint density at radius 3 is 1.42 bits per heavy atom. The van der Waals surface area contributed by atoms with Crippen LogP contribution in [0.1, 0.15) is 96.2 Å². The lowest BCUT2D eigenvalue weighted by molar-refractivity contribution is -0.125. The molecule has 0 spiro atoms. The lowest BCUT2D eigenvalue weighted by atomic mass is 9.81. The van der Waals surface area contributed by atoms with Gasteiger partial charge in [-0.1, -0.05) is 12.8 Å². The summed E-state index contributed by atoms with van der Waals surface area (Å²) in [6, 6.07) is 4.67. The van der Waals surface area contributed by atoms with E-state index in [-0.39, 0.29) is 23.7 Å². The van der Waals surface area contributed by atoms with Gasteiger partial charge >= 0.3 is 0 Å². The van der Waals surface area contributed by atoms with E-state index in [0.717, 1.165) is 62.5 Å². The van der Waals surface area contributed by atoms with Gasteiger partial charge in [-0.25, -0.2) is 0 Å². The summed E-state index contributed by atoms with van der Waals surface area (Å²) in [5, 5.41) is 27.0. The number of hydrogen-bond acceptors (Lipinski definition) is 6. The third-order valence-electron chi connectivity index (χ3n) is 8.01. The van der Waals surface area contributed by atoms with Crippen LogP contribution in [-0.4, -0.2) is 11.8 Å². The van der Waals surface area contributed by atoms with E-state index < -0.39 is 0 Å². The first kappa shape index (κ1) is 25.0. The molecule has 8 heteroatoms. The van der Waals surface area contributed by atoms with Crippen LogP contribution in [0.15, 0.2) is 0 Å². The molecule has 2 heterocycles. The largest absolute Gasteiger partial charge is 0.316 e. The van der Waals surface area contributed by atoms with Crippen molar-refractivity contribution in [2.24, 2.45) is 11.8 Å². The van der Waals surface area contributed by atoms with Crippen LogP contribution in [0, 0.1) is 34.5 Å². The number of carbonyl (C=O) groups excluding carboxylic acids is 2. The van der Waals surface area contributed by atoms with Crippen LogP contribution in [0.2, 0.25) is 0 Å². The molecule has 2 aromatic heterocycles. The SMILES string of the molecule is N#Cc1c(NC(=O)C2CCC(C(=O)Nc3sc4c(c3C#N)CCCCC4)CC2)sc2c1CCCCC2. The maximum absolute atomic E-state index is 13.1. The zero-order valence-electron chi connectivity index (χ0n) is 20.6. The molecule has 1 fully saturated rings. The van der Waals surface area contributed by atoms with Crippen molar-refractivity contribution in [3.05, 3.63) is 32.0 Å². The van der Waals surface area contributed by atoms with Crippen LogP contribution in [0.5, 0.6) is 0 Å². The second-order valence-corrected chi connectivity index (χ2v) is 12.5. The molecule has 5 rings (SSSR count). The van der Waals surface area contributed by atoms with Crippen molar-refractivity contribution < 1.29 is 9.59 Å². The molecular formula is C28H32N4O2S2. The summed E-state index contributed by atoms with van der Waals surface area (Å²) in [5.74, 6) is -0.351. The Bertz CT molecular complexity index is 1140. The summed E-state index contributed by atoms with van der Waals surface area (Å²) in [4.78, 5) is 28.6. The molecule has 0 aliphatic heterocycles. The Labute approximate surface area is 220 Å². The maximum Gasteiger partial charge on any atom is 0.228 e. The van der Waals surface area contributed by atoms with Gasteiger partial charge in [0.15, 0.2) is 0 Å². The average molecular weight is 521 g/mol. The van der Waals surface area contributed by atoms with E-state index in [4.69, 9.17) is 0 Å². The minimum atomic E-state index is -0.144. The summed E-state index contributed by atoms with van der Waals surface area (Å²) < 4.78 is 0. The molecule has 0 aromatic carbocycles. The highest BCUT2D eigenvalue weighted by Gasteiger charge is 2.32. The first-order valence-electron chi connectivity index (χ1n) is 13.3. The van der Waals surface area contributed by atoms with Crippen molar-refractivity contribution in [1.82, 2.24) is 0 Å². The van der Waals surface area contributed by atoms with Crippen molar-refractivity contribution in [2.45, 2.75) is 89.9 Å². The zero-order chi connectivity index (χ0) is 25.1. The molecule has 0 atom stereocenters. The fraction of sp³-hybridized carbons (Fsp3) is 0.571. The van der Waals surface area contributed by atoms with Gasteiger partial charge in [-0.15, -0.1) is 22.7 Å². The number of amides is 2. The van der Waals surface area contributed by atoms with Gasteiger partial charge in [0, 0.05) is 21.6 Å². The molecule has 0 bridgehead atoms. The maximum atomic E-state index is 13.1. The van der Waals surface area contributed by atoms with Crippen LogP contribution in [-0.2, 0) is 35.3 Å². The molecule has 3 aliphatic carbocycles. The topological polar surface area (TPSA) is 106 Å². The number of nitriles is 2. The minimum absolute atomic E-state index is 0.0319. The molecule has 3 aliphatic rings. The van der Waals surface area contributed by atoms with Gasteiger partial charge in [-0.05, 0) is 88.2 Å². The van der Waals surface area contributed by atoms with E-state index in [1.54, 1.807) is 22.7 Å². The standard InChI is InChI=1S/C28H32N4O2S2/c29-15-21-19-7-3-1-5-9-23(19)35-27(21)31-25(33)17-11-13-18(14-12-17)26(34)32-28-22(16-30)20-8-4-2-6-10-24(20)36-28/h17-18H,1-14H2,(H,31,33)(H,32,34). The lowest BCUT2D eigenvalue weighted by Gasteiger charge is -2.26. The Balaban J connectivity index is 1.19. The summed E-state index contributed by atoms with van der Waals surface area (Å²) in [7, 11) is 0. The van der Waals surface area contributed by atoms with Crippen LogP contribution in [0.25, 0.3) is 0 Å². The zero-order valence-corrected chi connectivity index (χ0v) is 22.2. The monoisotopic (exact) mass is 520 g/mol. The van der Waals surface area contributed by atoms with E-state index in [9.17, 15) is 20.1 Å². The summed E-state index contributed by atoms with van der Waals surface area (Å²) in [6.07, 6.45) is 13.3. The molecule has 2 aromatic rings. The van der Waals surface area contributed by atoms with E-state index in [2.05, 4.69) is 22.8 Å². The number of anilines is 2. The van der Waals surface area contributed by atoms with Crippen molar-refractivity contribution in [3.63, 3.8) is 0 Å². The van der Waals surface area contributed by atoms with E-state index in [0.29, 0.717) is 46.8 Å². The second-order valence-electron chi connectivity index (χ2n) is 10.3. The van der Waals surface area contributed by atoms with Crippen molar-refractivity contribution in [2.75, 3.05) is 10.6 Å². The van der Waals surface area contributed by atoms with E-state index >= 15 is 0 Å². The molecule has 36 heavy (non-hydrogen) atoms. The molecular weight excluding hydrogens is 488 g/mol. The molecule has 0 radical (unpaired) electrons. The van der Waals surface area contributed by atoms with Crippen LogP contribution in [0.3, 0.4) is 0 Å². The van der Waals surface area contributed by atoms with Gasteiger partial charge < -0.3 is 10.6 Å². The predicted molar refractivity (Wildman–Crippen MR) is 143 cm³/mol. The van der Waals surface area contributed by atoms with Crippen LogP contribution in [0.4, 0.5) is 10.0 Å². The van der Waals surface area contributed by atoms with Gasteiger partial charge in [0.2, 0.25) is 11.8 Å². The Hall–Kier alpha value is -2.68. The summed E-state index contributed by atoms with van der Waals surface area (Å²) in [6.45, 7) is 0. The van der Waals surface area contributed by atoms with Crippen molar-refractivity contribution in [1.29, 1.82) is 10.5 Å². The number of hydrogen-bond donors (Lipinski definition) is 2. The quantitative estimate of drug-likeness (QED) is 0.450. The highest BCUT2D eigenvalue weighted by molar-refractivity contribution is 7.17. The van der Waals surface area contributed by atoms with Gasteiger partial charge in [-0.2, -0.15) is 10.5 Å². The molecule has 1 saturated carbocycles. The molecule has 0 unspecified atom stereocenters. The fourth-order valence-electron chi connectivity index (χ4n) is 5.94. The number of nitrogens with zero attached hydrogens (tertiary/aromatic N) is 2.